The van der Waals surface area contributed by atoms with Crippen LogP contribution in [0.4, 0.5) is 11.5 Å². The van der Waals surface area contributed by atoms with Gasteiger partial charge in [-0.25, -0.2) is 9.78 Å². The van der Waals surface area contributed by atoms with Gasteiger partial charge >= 0.3 is 5.97 Å². The largest absolute Gasteiger partial charge is 0.480 e. The number of carboxylic acids is 1. The second-order valence-corrected chi connectivity index (χ2v) is 10.7. The number of aromatic nitrogens is 1. The molecule has 1 fully saturated rings. The van der Waals surface area contributed by atoms with Crippen LogP contribution in [0, 0.1) is 12.8 Å². The first kappa shape index (κ1) is 27.6. The predicted molar refractivity (Wildman–Crippen MR) is 157 cm³/mol. The van der Waals surface area contributed by atoms with E-state index in [4.69, 9.17) is 0 Å². The summed E-state index contributed by atoms with van der Waals surface area (Å²) < 4.78 is 0. The van der Waals surface area contributed by atoms with Crippen molar-refractivity contribution in [1.82, 2.24) is 10.3 Å². The minimum absolute atomic E-state index is 0.227. The van der Waals surface area contributed by atoms with Crippen molar-refractivity contribution in [3.63, 3.8) is 0 Å². The first-order chi connectivity index (χ1) is 18.3. The van der Waals surface area contributed by atoms with Crippen molar-refractivity contribution in [1.29, 1.82) is 0 Å². The number of nitrogens with zero attached hydrogens (tertiary/aromatic N) is 2. The lowest BCUT2D eigenvalue weighted by Gasteiger charge is -2.34. The van der Waals surface area contributed by atoms with Gasteiger partial charge in [0.25, 0.3) is 5.91 Å². The minimum Gasteiger partial charge on any atom is -0.480 e. The number of anilines is 2. The topological polar surface area (TPSA) is 94.6 Å². The van der Waals surface area contributed by atoms with Crippen LogP contribution in [0.15, 0.2) is 60.8 Å². The lowest BCUT2D eigenvalue weighted by Crippen LogP contribution is -2.43. The third kappa shape index (κ3) is 7.11. The highest BCUT2D eigenvalue weighted by atomic mass is 31.0. The van der Waals surface area contributed by atoms with Gasteiger partial charge in [-0.15, -0.1) is 9.24 Å². The molecule has 8 heteroatoms. The zero-order chi connectivity index (χ0) is 27.1. The number of carbonyl (C=O) groups is 2. The van der Waals surface area contributed by atoms with Crippen molar-refractivity contribution in [2.24, 2.45) is 5.92 Å². The van der Waals surface area contributed by atoms with Gasteiger partial charge in [-0.1, -0.05) is 37.3 Å². The third-order valence-corrected chi connectivity index (χ3v) is 7.58. The van der Waals surface area contributed by atoms with Gasteiger partial charge in [0.05, 0.1) is 0 Å². The number of hydrogen-bond acceptors (Lipinski definition) is 5. The van der Waals surface area contributed by atoms with Gasteiger partial charge < -0.3 is 20.6 Å². The summed E-state index contributed by atoms with van der Waals surface area (Å²) in [7, 11) is 2.66. The van der Waals surface area contributed by atoms with Crippen LogP contribution < -0.4 is 20.8 Å². The Hall–Kier alpha value is -3.44. The van der Waals surface area contributed by atoms with E-state index in [-0.39, 0.29) is 12.3 Å². The second kappa shape index (κ2) is 12.9. The number of hydrogen-bond donors (Lipinski definition) is 3. The fourth-order valence-electron chi connectivity index (χ4n) is 5.11. The van der Waals surface area contributed by atoms with Crippen LogP contribution in [0.25, 0.3) is 0 Å². The fourth-order valence-corrected chi connectivity index (χ4v) is 5.57. The molecule has 1 amide bonds. The third-order valence-electron chi connectivity index (χ3n) is 7.24. The summed E-state index contributed by atoms with van der Waals surface area (Å²) in [5, 5.41) is 17.0. The molecule has 3 aromatic rings. The molecular formula is C30H37N4O3P. The van der Waals surface area contributed by atoms with Crippen molar-refractivity contribution >= 4 is 37.9 Å². The van der Waals surface area contributed by atoms with Gasteiger partial charge in [0, 0.05) is 43.5 Å². The molecule has 7 nitrogen and oxygen atoms in total. The number of aryl methyl sites for hydroxylation is 2. The average Bonchev–Trinajstić information content (AvgIpc) is 2.92. The van der Waals surface area contributed by atoms with E-state index >= 15 is 0 Å². The van der Waals surface area contributed by atoms with E-state index in [2.05, 4.69) is 41.9 Å². The molecule has 0 aliphatic carbocycles. The van der Waals surface area contributed by atoms with Gasteiger partial charge in [-0.05, 0) is 78.4 Å². The highest BCUT2D eigenvalue weighted by Crippen LogP contribution is 2.24. The molecule has 0 spiro atoms. The number of carboxylic acid groups (broad SMARTS) is 1. The van der Waals surface area contributed by atoms with E-state index < -0.39 is 12.0 Å². The molecule has 2 heterocycles. The molecule has 3 N–H and O–H groups in total. The molecule has 0 saturated carbocycles. The maximum Gasteiger partial charge on any atom is 0.326 e. The maximum atomic E-state index is 13.1. The van der Waals surface area contributed by atoms with E-state index in [9.17, 15) is 14.7 Å². The average molecular weight is 533 g/mol. The van der Waals surface area contributed by atoms with E-state index in [0.29, 0.717) is 17.9 Å². The van der Waals surface area contributed by atoms with Crippen LogP contribution in [-0.2, 0) is 17.6 Å². The van der Waals surface area contributed by atoms with Crippen LogP contribution in [0.5, 0.6) is 0 Å². The van der Waals surface area contributed by atoms with Crippen LogP contribution in [0.2, 0.25) is 0 Å². The van der Waals surface area contributed by atoms with E-state index in [0.717, 1.165) is 66.0 Å². The molecule has 38 heavy (non-hydrogen) atoms. The number of carbonyl (C=O) groups excluding carboxylic acids is 1. The van der Waals surface area contributed by atoms with E-state index in [1.165, 1.54) is 0 Å². The van der Waals surface area contributed by atoms with E-state index in [1.807, 2.05) is 56.3 Å². The Kier molecular flexibility index (Phi) is 9.35. The van der Waals surface area contributed by atoms with Crippen LogP contribution in [0.1, 0.15) is 46.8 Å². The van der Waals surface area contributed by atoms with Crippen molar-refractivity contribution in [3.8, 4) is 0 Å². The highest BCUT2D eigenvalue weighted by molar-refractivity contribution is 7.27. The highest BCUT2D eigenvalue weighted by Gasteiger charge is 2.24. The number of aliphatic carboxylic acids is 1. The molecule has 1 aliphatic heterocycles. The zero-order valence-corrected chi connectivity index (χ0v) is 23.3. The summed E-state index contributed by atoms with van der Waals surface area (Å²) in [4.78, 5) is 31.8. The first-order valence-corrected chi connectivity index (χ1v) is 13.8. The van der Waals surface area contributed by atoms with E-state index in [1.54, 1.807) is 6.20 Å². The van der Waals surface area contributed by atoms with Crippen molar-refractivity contribution < 1.29 is 14.7 Å². The van der Waals surface area contributed by atoms with Gasteiger partial charge in [0.1, 0.15) is 11.9 Å². The Labute approximate surface area is 227 Å². The van der Waals surface area contributed by atoms with Crippen molar-refractivity contribution in [2.75, 3.05) is 29.9 Å². The Bertz CT molecular complexity index is 1240. The first-order valence-electron chi connectivity index (χ1n) is 13.3. The molecular weight excluding hydrogens is 495 g/mol. The summed E-state index contributed by atoms with van der Waals surface area (Å²) in [6, 6.07) is 16.8. The Morgan fingerprint density at radius 2 is 1.87 bits per heavy atom. The standard InChI is InChI=1S/C30H37N4O3P/c1-3-23-18-25(38)16-20(2)28(23)29(35)33-26(30(36)37)17-21-7-9-24(10-8-21)34-14-11-22(12-15-34)19-32-27-6-4-5-13-31-27/h4-10,13,16,18,22,26H,3,11-12,14-15,17,19,38H2,1-2H3,(H,31,32)(H,33,35)(H,36,37)/t26-/m1/s1. The normalized spacial score (nSPS) is 14.7. The van der Waals surface area contributed by atoms with Crippen LogP contribution in [0.3, 0.4) is 0 Å². The number of benzene rings is 2. The molecule has 1 aliphatic rings. The number of nitrogens with one attached hydrogen (secondary N) is 2. The molecule has 2 atom stereocenters. The quantitative estimate of drug-likeness (QED) is 0.339. The SMILES string of the molecule is CCc1cc(P)cc(C)c1C(=O)N[C@H](Cc1ccc(N2CCC(CNc3ccccn3)CC2)cc1)C(=O)O. The fraction of sp³-hybridized carbons (Fsp3) is 0.367. The number of rotatable bonds is 10. The Morgan fingerprint density at radius 3 is 2.50 bits per heavy atom. The molecule has 0 radical (unpaired) electrons. The summed E-state index contributed by atoms with van der Waals surface area (Å²) in [6.45, 7) is 6.77. The molecule has 2 aromatic carbocycles. The number of pyridine rings is 1. The molecule has 1 aromatic heterocycles. The predicted octanol–water partition coefficient (Wildman–Crippen LogP) is 4.21. The minimum atomic E-state index is -1.04. The van der Waals surface area contributed by atoms with Gasteiger partial charge in [0.15, 0.2) is 0 Å². The molecule has 0 bridgehead atoms. The second-order valence-electron chi connectivity index (χ2n) is 9.99. The van der Waals surface area contributed by atoms with Crippen molar-refractivity contribution in [3.05, 3.63) is 83.0 Å². The molecule has 200 valence electrons. The van der Waals surface area contributed by atoms with Gasteiger partial charge in [-0.3, -0.25) is 4.79 Å². The monoisotopic (exact) mass is 532 g/mol. The summed E-state index contributed by atoms with van der Waals surface area (Å²) in [6.07, 6.45) is 4.93. The van der Waals surface area contributed by atoms with Crippen molar-refractivity contribution in [2.45, 2.75) is 45.6 Å². The Morgan fingerprint density at radius 1 is 1.13 bits per heavy atom. The summed E-state index contributed by atoms with van der Waals surface area (Å²) in [5.41, 5.74) is 4.35. The maximum absolute atomic E-state index is 13.1. The zero-order valence-electron chi connectivity index (χ0n) is 22.1. The summed E-state index contributed by atoms with van der Waals surface area (Å²) >= 11 is 0. The molecule has 4 rings (SSSR count). The Balaban J connectivity index is 1.32. The smallest absolute Gasteiger partial charge is 0.326 e. The summed E-state index contributed by atoms with van der Waals surface area (Å²) in [5.74, 6) is 0.146. The van der Waals surface area contributed by atoms with Crippen LogP contribution >= 0.6 is 9.24 Å². The van der Waals surface area contributed by atoms with Gasteiger partial charge in [-0.2, -0.15) is 0 Å². The van der Waals surface area contributed by atoms with Crippen LogP contribution in [-0.4, -0.2) is 47.6 Å². The number of amides is 1. The molecule has 1 unspecified atom stereocenters. The number of piperidine rings is 1. The molecule has 1 saturated heterocycles. The lowest BCUT2D eigenvalue weighted by atomic mass is 9.96. The lowest BCUT2D eigenvalue weighted by molar-refractivity contribution is -0.139. The van der Waals surface area contributed by atoms with Gasteiger partial charge in [0.2, 0.25) is 0 Å².